The van der Waals surface area contributed by atoms with E-state index in [2.05, 4.69) is 21.7 Å². The Morgan fingerprint density at radius 1 is 1.43 bits per heavy atom. The fraction of sp³-hybridized carbons (Fsp3) is 0.200. The first-order valence-corrected chi connectivity index (χ1v) is 2.01. The molecule has 0 aromatic rings. The van der Waals surface area contributed by atoms with Gasteiger partial charge in [0.2, 0.25) is 0 Å². The van der Waals surface area contributed by atoms with Crippen molar-refractivity contribution in [2.45, 2.75) is 0 Å². The van der Waals surface area contributed by atoms with E-state index in [1.165, 1.54) is 0 Å². The molecule has 1 heterocycles. The van der Waals surface area contributed by atoms with Crippen molar-refractivity contribution in [3.8, 4) is 0 Å². The molecular formula is C5H4N2. The van der Waals surface area contributed by atoms with Gasteiger partial charge in [-0.2, -0.15) is 0 Å². The summed E-state index contributed by atoms with van der Waals surface area (Å²) in [5, 5.41) is 0. The lowest BCUT2D eigenvalue weighted by Gasteiger charge is -1.67. The summed E-state index contributed by atoms with van der Waals surface area (Å²) >= 11 is 0. The Kier molecular flexibility index (Phi) is 1.24. The van der Waals surface area contributed by atoms with E-state index in [4.69, 9.17) is 0 Å². The molecule has 0 aromatic carbocycles. The van der Waals surface area contributed by atoms with Crippen LogP contribution in [0, 0.1) is 0 Å². The van der Waals surface area contributed by atoms with Crippen molar-refractivity contribution in [2.75, 3.05) is 6.54 Å². The molecule has 0 spiro atoms. The van der Waals surface area contributed by atoms with Crippen molar-refractivity contribution in [3.05, 3.63) is 12.3 Å². The predicted molar refractivity (Wildman–Crippen MR) is 28.9 cm³/mol. The summed E-state index contributed by atoms with van der Waals surface area (Å²) < 4.78 is 0. The van der Waals surface area contributed by atoms with E-state index in [0.29, 0.717) is 6.54 Å². The molecule has 0 saturated heterocycles. The van der Waals surface area contributed by atoms with Gasteiger partial charge in [0.15, 0.2) is 0 Å². The molecule has 0 radical (unpaired) electrons. The van der Waals surface area contributed by atoms with E-state index in [9.17, 15) is 0 Å². The third kappa shape index (κ3) is 1.18. The largest absolute Gasteiger partial charge is 0.230 e. The molecule has 0 N–H and O–H groups in total. The topological polar surface area (TPSA) is 24.7 Å². The highest BCUT2D eigenvalue weighted by molar-refractivity contribution is 5.88. The van der Waals surface area contributed by atoms with Gasteiger partial charge >= 0.3 is 0 Å². The highest BCUT2D eigenvalue weighted by atomic mass is 14.7. The molecule has 0 bridgehead atoms. The van der Waals surface area contributed by atoms with Crippen LogP contribution in [0.4, 0.5) is 0 Å². The second kappa shape index (κ2) is 2.14. The van der Waals surface area contributed by atoms with Crippen LogP contribution in [0.1, 0.15) is 0 Å². The maximum atomic E-state index is 3.73. The van der Waals surface area contributed by atoms with Crippen LogP contribution in [0.25, 0.3) is 0 Å². The highest BCUT2D eigenvalue weighted by Gasteiger charge is 1.68. The molecule has 1 rings (SSSR count). The molecular weight excluding hydrogens is 88.1 g/mol. The average Bonchev–Trinajstić information content (AvgIpc) is 1.90. The Balaban J connectivity index is 2.88. The Morgan fingerprint density at radius 2 is 2.43 bits per heavy atom. The van der Waals surface area contributed by atoms with Crippen molar-refractivity contribution < 1.29 is 0 Å². The molecule has 0 atom stereocenters. The maximum absolute atomic E-state index is 3.73. The van der Waals surface area contributed by atoms with Crippen LogP contribution < -0.4 is 0 Å². The van der Waals surface area contributed by atoms with Gasteiger partial charge in [-0.25, -0.2) is 9.98 Å². The van der Waals surface area contributed by atoms with Gasteiger partial charge < -0.3 is 0 Å². The average molecular weight is 92.1 g/mol. The maximum Gasteiger partial charge on any atom is 0.0690 e. The number of nitrogens with zero attached hydrogens (tertiary/aromatic N) is 2. The molecule has 1 aliphatic heterocycles. The van der Waals surface area contributed by atoms with Gasteiger partial charge in [0, 0.05) is 6.20 Å². The van der Waals surface area contributed by atoms with Crippen LogP contribution >= 0.6 is 0 Å². The zero-order chi connectivity index (χ0) is 4.95. The summed E-state index contributed by atoms with van der Waals surface area (Å²) in [5.41, 5.74) is 0. The Morgan fingerprint density at radius 3 is 3.43 bits per heavy atom. The van der Waals surface area contributed by atoms with Crippen molar-refractivity contribution in [1.29, 1.82) is 0 Å². The minimum atomic E-state index is 0.677. The third-order valence-corrected chi connectivity index (χ3v) is 0.570. The molecule has 0 amide bonds. The van der Waals surface area contributed by atoms with Crippen LogP contribution in [-0.4, -0.2) is 18.3 Å². The lowest BCUT2D eigenvalue weighted by atomic mass is 10.6. The van der Waals surface area contributed by atoms with Crippen LogP contribution in [0.5, 0.6) is 0 Å². The SMILES string of the molecule is C1=C=NCC=CN=1. The summed E-state index contributed by atoms with van der Waals surface area (Å²) in [4.78, 5) is 7.36. The van der Waals surface area contributed by atoms with Gasteiger partial charge in [0.1, 0.15) is 0 Å². The zero-order valence-corrected chi connectivity index (χ0v) is 3.76. The van der Waals surface area contributed by atoms with Crippen molar-refractivity contribution in [1.82, 2.24) is 0 Å². The first kappa shape index (κ1) is 4.07. The molecule has 2 heteroatoms. The predicted octanol–water partition coefficient (Wildman–Crippen LogP) is 0.409. The molecule has 0 unspecified atom stereocenters. The van der Waals surface area contributed by atoms with Gasteiger partial charge in [-0.15, -0.1) is 0 Å². The number of aliphatic imine (C=N–C) groups is 2. The first-order chi connectivity index (χ1) is 3.50. The lowest BCUT2D eigenvalue weighted by Crippen LogP contribution is -1.63. The molecule has 0 saturated carbocycles. The van der Waals surface area contributed by atoms with Crippen LogP contribution in [0.2, 0.25) is 0 Å². The van der Waals surface area contributed by atoms with Crippen molar-refractivity contribution in [2.24, 2.45) is 9.98 Å². The zero-order valence-electron chi connectivity index (χ0n) is 3.76. The summed E-state index contributed by atoms with van der Waals surface area (Å²) in [6, 6.07) is 0. The number of hydrogen-bond acceptors (Lipinski definition) is 2. The van der Waals surface area contributed by atoms with Crippen molar-refractivity contribution >= 4 is 11.7 Å². The minimum Gasteiger partial charge on any atom is -0.230 e. The lowest BCUT2D eigenvalue weighted by molar-refractivity contribution is 1.26. The van der Waals surface area contributed by atoms with Gasteiger partial charge in [-0.1, -0.05) is 0 Å². The molecule has 34 valence electrons. The Hall–Kier alpha value is -1.10. The molecule has 0 aliphatic carbocycles. The van der Waals surface area contributed by atoms with Gasteiger partial charge in [0.05, 0.1) is 18.3 Å². The van der Waals surface area contributed by atoms with E-state index >= 15 is 0 Å². The highest BCUT2D eigenvalue weighted by Crippen LogP contribution is 1.75. The quantitative estimate of drug-likeness (QED) is 0.413. The third-order valence-electron chi connectivity index (χ3n) is 0.570. The standard InChI is InChI=1S/C5H4N2/c1-2-6-4-5-7-3-1/h1-2H,3H2. The minimum absolute atomic E-state index is 0.677. The van der Waals surface area contributed by atoms with E-state index in [1.807, 2.05) is 6.08 Å². The summed E-state index contributed by atoms with van der Waals surface area (Å²) in [6.07, 6.45) is 3.50. The van der Waals surface area contributed by atoms with Gasteiger partial charge in [-0.05, 0) is 6.08 Å². The fourth-order valence-electron chi connectivity index (χ4n) is 0.300. The van der Waals surface area contributed by atoms with E-state index in [-0.39, 0.29) is 0 Å². The smallest absolute Gasteiger partial charge is 0.0690 e. The van der Waals surface area contributed by atoms with E-state index in [0.717, 1.165) is 0 Å². The number of hydrogen-bond donors (Lipinski definition) is 0. The second-order valence-electron chi connectivity index (χ2n) is 1.08. The van der Waals surface area contributed by atoms with Crippen molar-refractivity contribution in [3.63, 3.8) is 0 Å². The van der Waals surface area contributed by atoms with Gasteiger partial charge in [-0.3, -0.25) is 0 Å². The molecule has 7 heavy (non-hydrogen) atoms. The Labute approximate surface area is 41.6 Å². The number of rotatable bonds is 0. The summed E-state index contributed by atoms with van der Waals surface area (Å²) in [7, 11) is 0. The fourth-order valence-corrected chi connectivity index (χ4v) is 0.300. The Bertz CT molecular complexity index is 167. The normalized spacial score (nSPS) is 14.9. The molecule has 1 aliphatic rings. The van der Waals surface area contributed by atoms with Crippen LogP contribution in [0.15, 0.2) is 22.3 Å². The van der Waals surface area contributed by atoms with Crippen LogP contribution in [0.3, 0.4) is 0 Å². The molecule has 2 nitrogen and oxygen atoms in total. The molecule has 0 fully saturated rings. The van der Waals surface area contributed by atoms with Crippen LogP contribution in [-0.2, 0) is 0 Å². The summed E-state index contributed by atoms with van der Waals surface area (Å²) in [6.45, 7) is 0.677. The van der Waals surface area contributed by atoms with E-state index < -0.39 is 0 Å². The monoisotopic (exact) mass is 92.0 g/mol. The first-order valence-electron chi connectivity index (χ1n) is 2.01. The second-order valence-corrected chi connectivity index (χ2v) is 1.08. The van der Waals surface area contributed by atoms with E-state index in [1.54, 1.807) is 6.20 Å². The summed E-state index contributed by atoms with van der Waals surface area (Å²) in [5.74, 6) is 4.96. The molecule has 0 aromatic heterocycles. The van der Waals surface area contributed by atoms with Gasteiger partial charge in [0.25, 0.3) is 0 Å².